The summed E-state index contributed by atoms with van der Waals surface area (Å²) in [6.45, 7) is 0.112. The fourth-order valence-electron chi connectivity index (χ4n) is 4.19. The number of carbonyl (C=O) groups excluding carboxylic acids is 2. The van der Waals surface area contributed by atoms with E-state index in [4.69, 9.17) is 19.2 Å². The quantitative estimate of drug-likeness (QED) is 0.195. The maximum absolute atomic E-state index is 13.8. The van der Waals surface area contributed by atoms with Gasteiger partial charge in [-0.15, -0.1) is 11.3 Å². The highest BCUT2D eigenvalue weighted by Crippen LogP contribution is 2.35. The number of imide groups is 1. The molecule has 0 radical (unpaired) electrons. The van der Waals surface area contributed by atoms with E-state index in [1.54, 1.807) is 49.6 Å². The molecule has 41 heavy (non-hydrogen) atoms. The lowest BCUT2D eigenvalue weighted by Gasteiger charge is -2.12. The molecule has 1 aliphatic heterocycles. The van der Waals surface area contributed by atoms with E-state index in [2.05, 4.69) is 10.6 Å². The molecule has 0 bridgehead atoms. The van der Waals surface area contributed by atoms with Crippen molar-refractivity contribution in [3.8, 4) is 33.4 Å². The summed E-state index contributed by atoms with van der Waals surface area (Å²) in [6.07, 6.45) is 0. The number of aromatic nitrogens is 2. The molecule has 0 spiro atoms. The van der Waals surface area contributed by atoms with Crippen LogP contribution in [0, 0.1) is 0 Å². The largest absolute Gasteiger partial charge is 0.497 e. The number of amides is 3. The fraction of sp³-hybridized carbons (Fsp3) is 0.103. The van der Waals surface area contributed by atoms with Gasteiger partial charge in [0.25, 0.3) is 5.56 Å². The number of hydrogen-bond acceptors (Lipinski definition) is 9. The standard InChI is InChI=1S/C29H22N4O6S2/c1-37-20-10-8-19(9-11-20)33-27(35)21-14-24(17-5-3-2-4-6-17)41-26(21)32-29(33)40-15-25(34)31-28(36)30-18-7-12-22-23(13-18)39-16-38-22/h2-14H,15-16H2,1H3,(H2,30,31,34,36). The topological polar surface area (TPSA) is 121 Å². The van der Waals surface area contributed by atoms with Crippen LogP contribution in [0.3, 0.4) is 0 Å². The van der Waals surface area contributed by atoms with Crippen LogP contribution in [-0.4, -0.2) is 41.1 Å². The van der Waals surface area contributed by atoms with Gasteiger partial charge in [0.05, 0.1) is 23.9 Å². The second kappa shape index (κ2) is 11.4. The Kier molecular flexibility index (Phi) is 7.32. The third kappa shape index (κ3) is 5.60. The molecule has 0 saturated carbocycles. The first-order valence-electron chi connectivity index (χ1n) is 12.4. The molecule has 12 heteroatoms. The summed E-state index contributed by atoms with van der Waals surface area (Å²) < 4.78 is 17.3. The van der Waals surface area contributed by atoms with E-state index in [1.807, 2.05) is 36.4 Å². The third-order valence-electron chi connectivity index (χ3n) is 6.14. The van der Waals surface area contributed by atoms with Gasteiger partial charge >= 0.3 is 6.03 Å². The summed E-state index contributed by atoms with van der Waals surface area (Å²) in [5.41, 5.74) is 1.73. The van der Waals surface area contributed by atoms with Crippen molar-refractivity contribution in [1.29, 1.82) is 0 Å². The van der Waals surface area contributed by atoms with Gasteiger partial charge in [0, 0.05) is 16.6 Å². The predicted octanol–water partition coefficient (Wildman–Crippen LogP) is 5.29. The lowest BCUT2D eigenvalue weighted by molar-refractivity contribution is -0.117. The van der Waals surface area contributed by atoms with E-state index < -0.39 is 11.9 Å². The fourth-order valence-corrected chi connectivity index (χ4v) is 6.08. The molecule has 5 aromatic rings. The molecule has 3 aromatic carbocycles. The Morgan fingerprint density at radius 1 is 1.02 bits per heavy atom. The first-order chi connectivity index (χ1) is 20.0. The third-order valence-corrected chi connectivity index (χ3v) is 8.16. The number of nitrogens with zero attached hydrogens (tertiary/aromatic N) is 2. The van der Waals surface area contributed by atoms with E-state index in [0.29, 0.717) is 44.0 Å². The molecule has 2 aromatic heterocycles. The molecule has 3 heterocycles. The van der Waals surface area contributed by atoms with E-state index in [0.717, 1.165) is 22.2 Å². The summed E-state index contributed by atoms with van der Waals surface area (Å²) >= 11 is 2.46. The number of ether oxygens (including phenoxy) is 3. The van der Waals surface area contributed by atoms with Crippen molar-refractivity contribution in [2.24, 2.45) is 0 Å². The van der Waals surface area contributed by atoms with Gasteiger partial charge in [-0.3, -0.25) is 19.5 Å². The van der Waals surface area contributed by atoms with Gasteiger partial charge in [0.1, 0.15) is 10.6 Å². The number of thiophene rings is 1. The number of thioether (sulfide) groups is 1. The van der Waals surface area contributed by atoms with Crippen LogP contribution in [0.4, 0.5) is 10.5 Å². The molecule has 0 atom stereocenters. The van der Waals surface area contributed by atoms with E-state index >= 15 is 0 Å². The molecule has 6 rings (SSSR count). The van der Waals surface area contributed by atoms with Crippen LogP contribution >= 0.6 is 23.1 Å². The maximum Gasteiger partial charge on any atom is 0.325 e. The molecule has 3 amide bonds. The zero-order chi connectivity index (χ0) is 28.3. The van der Waals surface area contributed by atoms with Gasteiger partial charge in [0.2, 0.25) is 12.7 Å². The predicted molar refractivity (Wildman–Crippen MR) is 158 cm³/mol. The Labute approximate surface area is 241 Å². The van der Waals surface area contributed by atoms with Crippen molar-refractivity contribution >= 4 is 50.9 Å². The Morgan fingerprint density at radius 3 is 2.59 bits per heavy atom. The van der Waals surface area contributed by atoms with Crippen molar-refractivity contribution < 1.29 is 23.8 Å². The number of methoxy groups -OCH3 is 1. The number of rotatable bonds is 7. The second-order valence-electron chi connectivity index (χ2n) is 8.79. The van der Waals surface area contributed by atoms with Crippen molar-refractivity contribution in [3.63, 3.8) is 0 Å². The first-order valence-corrected chi connectivity index (χ1v) is 14.2. The van der Waals surface area contributed by atoms with Crippen molar-refractivity contribution in [3.05, 3.63) is 89.2 Å². The lowest BCUT2D eigenvalue weighted by Crippen LogP contribution is -2.35. The second-order valence-corrected chi connectivity index (χ2v) is 10.8. The molecule has 0 fully saturated rings. The Hall–Kier alpha value is -4.81. The number of hydrogen-bond donors (Lipinski definition) is 2. The maximum atomic E-state index is 13.8. The van der Waals surface area contributed by atoms with Crippen molar-refractivity contribution in [2.75, 3.05) is 25.0 Å². The van der Waals surface area contributed by atoms with Crippen LogP contribution in [0.1, 0.15) is 0 Å². The Morgan fingerprint density at radius 2 is 1.80 bits per heavy atom. The Balaban J connectivity index is 1.24. The van der Waals surface area contributed by atoms with Crippen LogP contribution in [0.15, 0.2) is 88.8 Å². The number of carbonyl (C=O) groups is 2. The molecule has 206 valence electrons. The highest BCUT2D eigenvalue weighted by atomic mass is 32.2. The SMILES string of the molecule is COc1ccc(-n2c(SCC(=O)NC(=O)Nc3ccc4c(c3)OCO4)nc3sc(-c4ccccc4)cc3c2=O)cc1. The molecule has 0 unspecified atom stereocenters. The lowest BCUT2D eigenvalue weighted by atomic mass is 10.2. The zero-order valence-corrected chi connectivity index (χ0v) is 23.2. The van der Waals surface area contributed by atoms with Gasteiger partial charge in [-0.2, -0.15) is 0 Å². The van der Waals surface area contributed by atoms with E-state index in [1.165, 1.54) is 15.9 Å². The number of benzene rings is 3. The number of fused-ring (bicyclic) bond motifs is 2. The number of anilines is 1. The van der Waals surface area contributed by atoms with E-state index in [-0.39, 0.29) is 18.1 Å². The van der Waals surface area contributed by atoms with Gasteiger partial charge < -0.3 is 19.5 Å². The summed E-state index contributed by atoms with van der Waals surface area (Å²) in [4.78, 5) is 45.1. The summed E-state index contributed by atoms with van der Waals surface area (Å²) in [5.74, 6) is 1.02. The summed E-state index contributed by atoms with van der Waals surface area (Å²) in [6, 6.07) is 22.8. The highest BCUT2D eigenvalue weighted by molar-refractivity contribution is 7.99. The van der Waals surface area contributed by atoms with Crippen molar-refractivity contribution in [1.82, 2.24) is 14.9 Å². The number of nitrogens with one attached hydrogen (secondary N) is 2. The monoisotopic (exact) mass is 586 g/mol. The van der Waals surface area contributed by atoms with Crippen molar-refractivity contribution in [2.45, 2.75) is 5.16 Å². The zero-order valence-electron chi connectivity index (χ0n) is 21.6. The normalized spacial score (nSPS) is 11.8. The smallest absolute Gasteiger partial charge is 0.325 e. The van der Waals surface area contributed by atoms with Gasteiger partial charge in [-0.05, 0) is 48.0 Å². The van der Waals surface area contributed by atoms with Crippen LogP contribution < -0.4 is 30.4 Å². The average molecular weight is 587 g/mol. The Bertz CT molecular complexity index is 1820. The van der Waals surface area contributed by atoms with Crippen LogP contribution in [-0.2, 0) is 4.79 Å². The molecular weight excluding hydrogens is 564 g/mol. The van der Waals surface area contributed by atoms with Crippen LogP contribution in [0.25, 0.3) is 26.3 Å². The molecule has 0 aliphatic carbocycles. The minimum absolute atomic E-state index is 0.112. The first kappa shape index (κ1) is 26.4. The van der Waals surface area contributed by atoms with E-state index in [9.17, 15) is 14.4 Å². The molecular formula is C29H22N4O6S2. The minimum Gasteiger partial charge on any atom is -0.497 e. The summed E-state index contributed by atoms with van der Waals surface area (Å²) in [5, 5.41) is 5.70. The molecule has 10 nitrogen and oxygen atoms in total. The minimum atomic E-state index is -0.698. The van der Waals surface area contributed by atoms with Crippen LogP contribution in [0.2, 0.25) is 0 Å². The summed E-state index contributed by atoms with van der Waals surface area (Å²) in [7, 11) is 1.56. The molecule has 1 aliphatic rings. The van der Waals surface area contributed by atoms with Gasteiger partial charge in [-0.25, -0.2) is 9.78 Å². The van der Waals surface area contributed by atoms with Gasteiger partial charge in [0.15, 0.2) is 16.7 Å². The molecule has 0 saturated heterocycles. The average Bonchev–Trinajstić information content (AvgIpc) is 3.64. The van der Waals surface area contributed by atoms with Crippen LogP contribution in [0.5, 0.6) is 17.2 Å². The molecule has 2 N–H and O–H groups in total. The highest BCUT2D eigenvalue weighted by Gasteiger charge is 2.19. The van der Waals surface area contributed by atoms with Gasteiger partial charge in [-0.1, -0.05) is 42.1 Å². The number of urea groups is 1.